The summed E-state index contributed by atoms with van der Waals surface area (Å²) in [6, 6.07) is 10.3. The van der Waals surface area contributed by atoms with Crippen molar-refractivity contribution in [1.82, 2.24) is 4.57 Å². The van der Waals surface area contributed by atoms with Gasteiger partial charge in [-0.15, -0.1) is 0 Å². The molecule has 0 saturated heterocycles. The van der Waals surface area contributed by atoms with E-state index in [0.717, 1.165) is 4.70 Å². The van der Waals surface area contributed by atoms with Crippen LogP contribution in [0.5, 0.6) is 17.2 Å². The number of rotatable bonds is 6. The molecule has 168 valence electrons. The topological polar surface area (TPSA) is 88.4 Å². The fourth-order valence-corrected chi connectivity index (χ4v) is 4.26. The van der Waals surface area contributed by atoms with E-state index in [-0.39, 0.29) is 19.9 Å². The molecule has 0 saturated carbocycles. The molecule has 0 N–H and O–H groups in total. The lowest BCUT2D eigenvalue weighted by Gasteiger charge is -2.22. The lowest BCUT2D eigenvalue weighted by atomic mass is 10.1. The van der Waals surface area contributed by atoms with Crippen molar-refractivity contribution in [3.05, 3.63) is 46.2 Å². The predicted molar refractivity (Wildman–Crippen MR) is 119 cm³/mol. The highest BCUT2D eigenvalue weighted by atomic mass is 35.5. The van der Waals surface area contributed by atoms with Crippen molar-refractivity contribution in [2.45, 2.75) is 32.9 Å². The Morgan fingerprint density at radius 3 is 2.56 bits per heavy atom. The highest BCUT2D eigenvalue weighted by Gasteiger charge is 2.30. The number of ether oxygens (including phenoxy) is 4. The van der Waals surface area contributed by atoms with E-state index < -0.39 is 17.5 Å². The van der Waals surface area contributed by atoms with Crippen LogP contribution in [0.1, 0.15) is 20.8 Å². The van der Waals surface area contributed by atoms with Crippen LogP contribution in [0.4, 0.5) is 0 Å². The number of halogens is 1. The van der Waals surface area contributed by atoms with E-state index in [2.05, 4.69) is 4.99 Å². The molecule has 0 bridgehead atoms. The van der Waals surface area contributed by atoms with Crippen LogP contribution in [0.3, 0.4) is 0 Å². The van der Waals surface area contributed by atoms with Gasteiger partial charge in [0.15, 0.2) is 21.9 Å². The van der Waals surface area contributed by atoms with Crippen molar-refractivity contribution in [2.24, 2.45) is 4.99 Å². The van der Waals surface area contributed by atoms with Crippen LogP contribution in [-0.4, -0.2) is 35.4 Å². The Kier molecular flexibility index (Phi) is 6.12. The maximum Gasteiger partial charge on any atom is 0.326 e. The molecule has 8 nitrogen and oxygen atoms in total. The van der Waals surface area contributed by atoms with Gasteiger partial charge in [-0.2, -0.15) is 4.99 Å². The molecule has 1 aliphatic heterocycles. The standard InChI is InChI=1S/C22H21ClN2O6S/c1-4-28-19(26)11-25-15-9-16-17(30-12-29-16)10-18(15)32-21(25)24-20(27)22(2,3)31-14-7-5-13(23)6-8-14/h5-10H,4,11-12H2,1-3H3. The zero-order valence-corrected chi connectivity index (χ0v) is 19.3. The number of carbonyl (C=O) groups is 2. The van der Waals surface area contributed by atoms with Gasteiger partial charge >= 0.3 is 5.97 Å². The molecule has 0 fully saturated rings. The maximum atomic E-state index is 13.1. The van der Waals surface area contributed by atoms with E-state index in [1.54, 1.807) is 55.7 Å². The van der Waals surface area contributed by atoms with Crippen LogP contribution in [0.2, 0.25) is 5.02 Å². The van der Waals surface area contributed by atoms with E-state index in [1.165, 1.54) is 11.3 Å². The maximum absolute atomic E-state index is 13.1. The Bertz CT molecular complexity index is 1250. The lowest BCUT2D eigenvalue weighted by Crippen LogP contribution is -2.38. The normalized spacial score (nSPS) is 13.4. The number of carbonyl (C=O) groups excluding carboxylic acids is 2. The molecule has 1 aliphatic rings. The van der Waals surface area contributed by atoms with Crippen LogP contribution in [0.25, 0.3) is 10.2 Å². The van der Waals surface area contributed by atoms with Crippen molar-refractivity contribution >= 4 is 45.0 Å². The van der Waals surface area contributed by atoms with Crippen LogP contribution in [0, 0.1) is 0 Å². The van der Waals surface area contributed by atoms with Crippen molar-refractivity contribution in [1.29, 1.82) is 0 Å². The van der Waals surface area contributed by atoms with Gasteiger partial charge < -0.3 is 23.5 Å². The van der Waals surface area contributed by atoms with Gasteiger partial charge in [-0.3, -0.25) is 9.59 Å². The average Bonchev–Trinajstić information content (AvgIpc) is 3.32. The minimum Gasteiger partial charge on any atom is -0.478 e. The number of aromatic nitrogens is 1. The van der Waals surface area contributed by atoms with Crippen LogP contribution >= 0.6 is 22.9 Å². The quantitative estimate of drug-likeness (QED) is 0.501. The largest absolute Gasteiger partial charge is 0.478 e. The Morgan fingerprint density at radius 2 is 1.88 bits per heavy atom. The average molecular weight is 477 g/mol. The monoisotopic (exact) mass is 476 g/mol. The van der Waals surface area contributed by atoms with Gasteiger partial charge in [0.25, 0.3) is 5.91 Å². The molecular formula is C22H21ClN2O6S. The summed E-state index contributed by atoms with van der Waals surface area (Å²) in [7, 11) is 0. The fourth-order valence-electron chi connectivity index (χ4n) is 3.10. The second kappa shape index (κ2) is 8.84. The highest BCUT2D eigenvalue weighted by Crippen LogP contribution is 2.37. The minimum absolute atomic E-state index is 0.0991. The Balaban J connectivity index is 1.73. The Labute approximate surface area is 192 Å². The summed E-state index contributed by atoms with van der Waals surface area (Å²) >= 11 is 7.17. The molecule has 4 rings (SSSR count). The van der Waals surface area contributed by atoms with Crippen LogP contribution in [-0.2, 0) is 20.9 Å². The van der Waals surface area contributed by atoms with E-state index in [1.807, 2.05) is 6.07 Å². The number of amides is 1. The SMILES string of the molecule is CCOC(=O)Cn1c(=NC(=O)C(C)(C)Oc2ccc(Cl)cc2)sc2cc3c(cc21)OCO3. The molecule has 3 aromatic rings. The molecule has 0 radical (unpaired) electrons. The second-order valence-electron chi connectivity index (χ2n) is 7.43. The van der Waals surface area contributed by atoms with Crippen LogP contribution < -0.4 is 19.0 Å². The molecule has 0 spiro atoms. The number of thiazole rings is 1. The zero-order chi connectivity index (χ0) is 22.9. The van der Waals surface area contributed by atoms with Crippen molar-refractivity contribution in [3.8, 4) is 17.2 Å². The number of hydrogen-bond acceptors (Lipinski definition) is 7. The summed E-state index contributed by atoms with van der Waals surface area (Å²) in [6.45, 7) is 5.28. The molecule has 2 heterocycles. The fraction of sp³-hybridized carbons (Fsp3) is 0.318. The van der Waals surface area contributed by atoms with E-state index in [9.17, 15) is 9.59 Å². The minimum atomic E-state index is -1.25. The zero-order valence-electron chi connectivity index (χ0n) is 17.7. The summed E-state index contributed by atoms with van der Waals surface area (Å²) in [4.78, 5) is 29.9. The lowest BCUT2D eigenvalue weighted by molar-refractivity contribution is -0.143. The number of benzene rings is 2. The summed E-state index contributed by atoms with van der Waals surface area (Å²) in [6.07, 6.45) is 0. The molecule has 0 atom stereocenters. The first-order valence-electron chi connectivity index (χ1n) is 9.89. The van der Waals surface area contributed by atoms with Crippen LogP contribution in [0.15, 0.2) is 41.4 Å². The molecule has 0 unspecified atom stereocenters. The first-order chi connectivity index (χ1) is 15.3. The smallest absolute Gasteiger partial charge is 0.326 e. The molecule has 2 aromatic carbocycles. The third-order valence-corrected chi connectivity index (χ3v) is 5.96. The molecule has 10 heteroatoms. The Morgan fingerprint density at radius 1 is 1.19 bits per heavy atom. The number of hydrogen-bond donors (Lipinski definition) is 0. The third kappa shape index (κ3) is 4.58. The predicted octanol–water partition coefficient (Wildman–Crippen LogP) is 3.93. The van der Waals surface area contributed by atoms with Gasteiger partial charge in [0, 0.05) is 17.2 Å². The number of esters is 1. The number of nitrogens with zero attached hydrogens (tertiary/aromatic N) is 2. The second-order valence-corrected chi connectivity index (χ2v) is 8.88. The van der Waals surface area contributed by atoms with Crippen molar-refractivity contribution in [2.75, 3.05) is 13.4 Å². The van der Waals surface area contributed by atoms with E-state index in [4.69, 9.17) is 30.5 Å². The van der Waals surface area contributed by atoms with E-state index >= 15 is 0 Å². The third-order valence-electron chi connectivity index (χ3n) is 4.67. The summed E-state index contributed by atoms with van der Waals surface area (Å²) in [5.41, 5.74) is -0.560. The molecule has 0 aliphatic carbocycles. The summed E-state index contributed by atoms with van der Waals surface area (Å²) in [5.74, 6) is 0.722. The van der Waals surface area contributed by atoms with Gasteiger partial charge in [-0.1, -0.05) is 22.9 Å². The molecule has 1 aromatic heterocycles. The first-order valence-corrected chi connectivity index (χ1v) is 11.1. The van der Waals surface area contributed by atoms with Gasteiger partial charge in [0.05, 0.1) is 16.8 Å². The highest BCUT2D eigenvalue weighted by molar-refractivity contribution is 7.16. The Hall–Kier alpha value is -3.04. The van der Waals surface area contributed by atoms with E-state index in [0.29, 0.717) is 32.6 Å². The molecule has 32 heavy (non-hydrogen) atoms. The number of fused-ring (bicyclic) bond motifs is 2. The van der Waals surface area contributed by atoms with Gasteiger partial charge in [0.2, 0.25) is 6.79 Å². The molecule has 1 amide bonds. The summed E-state index contributed by atoms with van der Waals surface area (Å²) < 4.78 is 24.3. The van der Waals surface area contributed by atoms with Gasteiger partial charge in [-0.05, 0) is 45.0 Å². The molecular weight excluding hydrogens is 456 g/mol. The van der Waals surface area contributed by atoms with Crippen molar-refractivity contribution < 1.29 is 28.5 Å². The van der Waals surface area contributed by atoms with Crippen molar-refractivity contribution in [3.63, 3.8) is 0 Å². The first kappa shape index (κ1) is 22.2. The van der Waals surface area contributed by atoms with Gasteiger partial charge in [0.1, 0.15) is 12.3 Å². The summed E-state index contributed by atoms with van der Waals surface area (Å²) in [5, 5.41) is 0.566. The van der Waals surface area contributed by atoms with Gasteiger partial charge in [-0.25, -0.2) is 0 Å².